The molecule has 1 amide bonds. The Morgan fingerprint density at radius 1 is 1.13 bits per heavy atom. The average molecular weight is 425 g/mol. The topological polar surface area (TPSA) is 87.2 Å². The van der Waals surface area contributed by atoms with Crippen LogP contribution in [-0.2, 0) is 9.53 Å². The number of carbonyl (C=O) groups excluding carboxylic acids is 1. The number of likely N-dealkylation sites (tertiary alicyclic amines) is 1. The molecular formula is C23H32N6O2. The molecule has 0 unspecified atom stereocenters. The van der Waals surface area contributed by atoms with E-state index in [0.717, 1.165) is 81.1 Å². The van der Waals surface area contributed by atoms with E-state index in [1.165, 1.54) is 12.8 Å². The number of H-pyrrole nitrogens is 1. The number of rotatable bonds is 5. The first-order valence-electron chi connectivity index (χ1n) is 11.7. The molecule has 1 saturated carbocycles. The van der Waals surface area contributed by atoms with Gasteiger partial charge in [0, 0.05) is 44.4 Å². The van der Waals surface area contributed by atoms with E-state index in [4.69, 9.17) is 9.72 Å². The number of nitrogens with zero attached hydrogens (tertiary/aromatic N) is 5. The normalized spacial score (nSPS) is 26.5. The molecule has 8 nitrogen and oxygen atoms in total. The summed E-state index contributed by atoms with van der Waals surface area (Å²) in [6, 6.07) is 1.97. The van der Waals surface area contributed by atoms with Gasteiger partial charge < -0.3 is 14.5 Å². The monoisotopic (exact) mass is 424 g/mol. The number of methoxy groups -OCH3 is 1. The fourth-order valence-electron chi connectivity index (χ4n) is 5.47. The fourth-order valence-corrected chi connectivity index (χ4v) is 5.47. The number of amides is 1. The molecule has 31 heavy (non-hydrogen) atoms. The Morgan fingerprint density at radius 3 is 2.84 bits per heavy atom. The van der Waals surface area contributed by atoms with E-state index in [2.05, 4.69) is 25.0 Å². The summed E-state index contributed by atoms with van der Waals surface area (Å²) in [5.74, 6) is 1.12. The van der Waals surface area contributed by atoms with Crippen molar-refractivity contribution < 1.29 is 9.53 Å². The molecule has 4 heterocycles. The number of aromatic nitrogens is 4. The molecule has 2 aliphatic heterocycles. The van der Waals surface area contributed by atoms with Crippen molar-refractivity contribution in [2.75, 3.05) is 31.6 Å². The molecule has 1 N–H and O–H groups in total. The summed E-state index contributed by atoms with van der Waals surface area (Å²) >= 11 is 0. The van der Waals surface area contributed by atoms with Crippen LogP contribution in [0, 0.1) is 5.92 Å². The number of aromatic amines is 1. The van der Waals surface area contributed by atoms with Crippen LogP contribution in [-0.4, -0.2) is 63.8 Å². The van der Waals surface area contributed by atoms with Crippen LogP contribution < -0.4 is 4.90 Å². The van der Waals surface area contributed by atoms with Crippen molar-refractivity contribution in [2.45, 2.75) is 63.5 Å². The molecule has 0 radical (unpaired) electrons. The minimum absolute atomic E-state index is 0.0260. The van der Waals surface area contributed by atoms with Crippen LogP contribution >= 0.6 is 0 Å². The number of ether oxygens (including phenoxy) is 1. The average Bonchev–Trinajstić information content (AvgIpc) is 3.59. The lowest BCUT2D eigenvalue weighted by Gasteiger charge is -2.33. The van der Waals surface area contributed by atoms with Crippen LogP contribution in [0.4, 0.5) is 5.95 Å². The van der Waals surface area contributed by atoms with Gasteiger partial charge in [-0.15, -0.1) is 0 Å². The van der Waals surface area contributed by atoms with Gasteiger partial charge in [0.15, 0.2) is 0 Å². The van der Waals surface area contributed by atoms with E-state index in [0.29, 0.717) is 0 Å². The van der Waals surface area contributed by atoms with Gasteiger partial charge >= 0.3 is 0 Å². The Kier molecular flexibility index (Phi) is 5.89. The molecule has 3 aliphatic rings. The number of anilines is 1. The van der Waals surface area contributed by atoms with Crippen LogP contribution in [0.1, 0.15) is 63.1 Å². The van der Waals surface area contributed by atoms with Gasteiger partial charge in [-0.1, -0.05) is 6.42 Å². The first-order chi connectivity index (χ1) is 15.2. The van der Waals surface area contributed by atoms with E-state index in [-0.39, 0.29) is 24.0 Å². The van der Waals surface area contributed by atoms with Gasteiger partial charge in [-0.05, 0) is 51.0 Å². The van der Waals surface area contributed by atoms with E-state index in [9.17, 15) is 4.79 Å². The highest BCUT2D eigenvalue weighted by molar-refractivity contribution is 5.80. The molecular weight excluding hydrogens is 392 g/mol. The Hall–Kier alpha value is -2.48. The lowest BCUT2D eigenvalue weighted by molar-refractivity contribution is -0.139. The van der Waals surface area contributed by atoms with Crippen molar-refractivity contribution in [2.24, 2.45) is 5.92 Å². The summed E-state index contributed by atoms with van der Waals surface area (Å²) < 4.78 is 5.56. The summed E-state index contributed by atoms with van der Waals surface area (Å²) in [7, 11) is 1.76. The Morgan fingerprint density at radius 2 is 2.00 bits per heavy atom. The fraction of sp³-hybridized carbons (Fsp3) is 0.652. The summed E-state index contributed by atoms with van der Waals surface area (Å²) in [6.07, 6.45) is 12.1. The lowest BCUT2D eigenvalue weighted by Crippen LogP contribution is -2.39. The number of hydrogen-bond acceptors (Lipinski definition) is 6. The van der Waals surface area contributed by atoms with Crippen molar-refractivity contribution in [1.82, 2.24) is 25.1 Å². The van der Waals surface area contributed by atoms with Crippen LogP contribution in [0.5, 0.6) is 0 Å². The van der Waals surface area contributed by atoms with Gasteiger partial charge in [-0.25, -0.2) is 9.97 Å². The van der Waals surface area contributed by atoms with E-state index < -0.39 is 0 Å². The maximum Gasteiger partial charge on any atom is 0.226 e. The zero-order valence-corrected chi connectivity index (χ0v) is 18.3. The van der Waals surface area contributed by atoms with Gasteiger partial charge in [0.05, 0.1) is 29.7 Å². The second kappa shape index (κ2) is 8.94. The first kappa shape index (κ1) is 20.4. The highest BCUT2D eigenvalue weighted by atomic mass is 16.5. The summed E-state index contributed by atoms with van der Waals surface area (Å²) in [6.45, 7) is 2.83. The van der Waals surface area contributed by atoms with E-state index >= 15 is 0 Å². The number of hydrogen-bond donors (Lipinski definition) is 1. The molecule has 2 saturated heterocycles. The van der Waals surface area contributed by atoms with E-state index in [1.807, 2.05) is 18.5 Å². The maximum atomic E-state index is 13.4. The van der Waals surface area contributed by atoms with Crippen LogP contribution in [0.3, 0.4) is 0 Å². The summed E-state index contributed by atoms with van der Waals surface area (Å²) in [5, 5.41) is 7.55. The van der Waals surface area contributed by atoms with Crippen molar-refractivity contribution in [3.8, 4) is 11.3 Å². The Bertz CT molecular complexity index is 909. The third-order valence-electron chi connectivity index (χ3n) is 7.15. The summed E-state index contributed by atoms with van der Waals surface area (Å²) in [5.41, 5.74) is 2.85. The van der Waals surface area contributed by atoms with Crippen molar-refractivity contribution in [1.29, 1.82) is 0 Å². The maximum absolute atomic E-state index is 13.4. The molecule has 2 aromatic rings. The highest BCUT2D eigenvalue weighted by Crippen LogP contribution is 2.39. The molecule has 0 aromatic carbocycles. The molecule has 0 spiro atoms. The van der Waals surface area contributed by atoms with Gasteiger partial charge in [0.1, 0.15) is 0 Å². The molecule has 3 atom stereocenters. The zero-order valence-electron chi connectivity index (χ0n) is 18.3. The van der Waals surface area contributed by atoms with Crippen LogP contribution in [0.2, 0.25) is 0 Å². The van der Waals surface area contributed by atoms with Gasteiger partial charge in [0.25, 0.3) is 0 Å². The van der Waals surface area contributed by atoms with Crippen molar-refractivity contribution >= 4 is 11.9 Å². The second-order valence-corrected chi connectivity index (χ2v) is 9.04. The first-order valence-corrected chi connectivity index (χ1v) is 11.7. The highest BCUT2D eigenvalue weighted by Gasteiger charge is 2.38. The molecule has 0 bridgehead atoms. The molecule has 1 aliphatic carbocycles. The van der Waals surface area contributed by atoms with Gasteiger partial charge in [-0.3, -0.25) is 9.89 Å². The quantitative estimate of drug-likeness (QED) is 0.792. The number of nitrogens with one attached hydrogen (secondary N) is 1. The molecule has 8 heteroatoms. The SMILES string of the molecule is CO[C@@H]1CCC[C@@H](C(=O)N2CCC[C@@H]2c2[nH]ncc2-c2ccnc(N3CCCC3)n2)C1. The van der Waals surface area contributed by atoms with E-state index in [1.54, 1.807) is 7.11 Å². The Balaban J connectivity index is 1.38. The summed E-state index contributed by atoms with van der Waals surface area (Å²) in [4.78, 5) is 27.1. The van der Waals surface area contributed by atoms with Crippen molar-refractivity contribution in [3.63, 3.8) is 0 Å². The van der Waals surface area contributed by atoms with Crippen LogP contribution in [0.15, 0.2) is 18.5 Å². The molecule has 166 valence electrons. The minimum Gasteiger partial charge on any atom is -0.381 e. The predicted molar refractivity (Wildman–Crippen MR) is 118 cm³/mol. The molecule has 2 aromatic heterocycles. The second-order valence-electron chi connectivity index (χ2n) is 9.04. The third-order valence-corrected chi connectivity index (χ3v) is 7.15. The van der Waals surface area contributed by atoms with Crippen LogP contribution in [0.25, 0.3) is 11.3 Å². The van der Waals surface area contributed by atoms with Gasteiger partial charge in [0.2, 0.25) is 11.9 Å². The van der Waals surface area contributed by atoms with Crippen molar-refractivity contribution in [3.05, 3.63) is 24.2 Å². The lowest BCUT2D eigenvalue weighted by atomic mass is 9.86. The standard InChI is InChI=1S/C23H32N6O2/c1-31-17-7-4-6-16(14-17)22(30)29-13-5-8-20(29)21-18(15-25-27-21)19-9-10-24-23(26-19)28-11-2-3-12-28/h9-10,15-17,20H,2-8,11-14H2,1H3,(H,25,27)/t16-,17-,20-/m1/s1. The zero-order chi connectivity index (χ0) is 21.2. The minimum atomic E-state index is 0.0260. The third kappa shape index (κ3) is 4.05. The largest absolute Gasteiger partial charge is 0.381 e. The predicted octanol–water partition coefficient (Wildman–Crippen LogP) is 3.34. The molecule has 3 fully saturated rings. The number of carbonyl (C=O) groups is 1. The Labute approximate surface area is 183 Å². The molecule has 5 rings (SSSR count). The smallest absolute Gasteiger partial charge is 0.226 e. The van der Waals surface area contributed by atoms with Gasteiger partial charge in [-0.2, -0.15) is 5.10 Å².